The average Bonchev–Trinajstić information content (AvgIpc) is 1.83. The molecule has 0 saturated heterocycles. The topological polar surface area (TPSA) is 3.24 Å². The van der Waals surface area contributed by atoms with Gasteiger partial charge in [0.15, 0.2) is 0 Å². The van der Waals surface area contributed by atoms with E-state index in [-0.39, 0.29) is 0 Å². The molecule has 1 nitrogen and oxygen atoms in total. The van der Waals surface area contributed by atoms with Gasteiger partial charge < -0.3 is 0 Å². The van der Waals surface area contributed by atoms with Crippen LogP contribution in [0, 0.1) is 0 Å². The molecule has 0 aliphatic carbocycles. The van der Waals surface area contributed by atoms with Gasteiger partial charge in [0.05, 0.1) is 0 Å². The molecular formula is C11H21N. The van der Waals surface area contributed by atoms with Crippen LogP contribution >= 0.6 is 0 Å². The molecule has 0 atom stereocenters. The van der Waals surface area contributed by atoms with Gasteiger partial charge in [-0.25, -0.2) is 0 Å². The molecule has 0 N–H and O–H groups in total. The highest BCUT2D eigenvalue weighted by atomic mass is 15.1. The van der Waals surface area contributed by atoms with Crippen LogP contribution in [0.3, 0.4) is 0 Å². The lowest BCUT2D eigenvalue weighted by atomic mass is 10.2. The molecule has 0 saturated carbocycles. The summed E-state index contributed by atoms with van der Waals surface area (Å²) in [6.45, 7) is 18.3. The summed E-state index contributed by atoms with van der Waals surface area (Å²) in [6, 6.07) is 0.568. The molecular weight excluding hydrogens is 146 g/mol. The molecule has 0 bridgehead atoms. The van der Waals surface area contributed by atoms with Crippen LogP contribution < -0.4 is 0 Å². The first-order valence-corrected chi connectivity index (χ1v) is 4.46. The van der Waals surface area contributed by atoms with Crippen LogP contribution in [0.4, 0.5) is 0 Å². The Labute approximate surface area is 76.8 Å². The van der Waals surface area contributed by atoms with Crippen LogP contribution in [0.2, 0.25) is 0 Å². The van der Waals surface area contributed by atoms with Gasteiger partial charge in [-0.15, -0.1) is 0 Å². The Morgan fingerprint density at radius 1 is 1.08 bits per heavy atom. The summed E-state index contributed by atoms with van der Waals surface area (Å²) in [5.41, 5.74) is 2.43. The summed E-state index contributed by atoms with van der Waals surface area (Å²) in [5, 5.41) is 0. The zero-order chi connectivity index (χ0) is 9.72. The van der Waals surface area contributed by atoms with Gasteiger partial charge in [0.25, 0.3) is 0 Å². The number of rotatable bonds is 5. The molecule has 0 aromatic heterocycles. The molecule has 0 spiro atoms. The van der Waals surface area contributed by atoms with E-state index in [4.69, 9.17) is 0 Å². The van der Waals surface area contributed by atoms with Crippen molar-refractivity contribution in [1.29, 1.82) is 0 Å². The molecule has 0 rings (SSSR count). The van der Waals surface area contributed by atoms with Crippen molar-refractivity contribution >= 4 is 0 Å². The van der Waals surface area contributed by atoms with Crippen molar-refractivity contribution in [3.63, 3.8) is 0 Å². The van der Waals surface area contributed by atoms with E-state index < -0.39 is 0 Å². The van der Waals surface area contributed by atoms with E-state index in [1.807, 2.05) is 0 Å². The fourth-order valence-electron chi connectivity index (χ4n) is 1.11. The molecule has 0 heterocycles. The van der Waals surface area contributed by atoms with E-state index in [0.29, 0.717) is 6.04 Å². The lowest BCUT2D eigenvalue weighted by Gasteiger charge is -2.26. The maximum Gasteiger partial charge on any atom is 0.0193 e. The molecule has 0 aliphatic heterocycles. The lowest BCUT2D eigenvalue weighted by molar-refractivity contribution is 0.261. The van der Waals surface area contributed by atoms with E-state index in [0.717, 1.165) is 13.1 Å². The zero-order valence-corrected chi connectivity index (χ0v) is 8.85. The van der Waals surface area contributed by atoms with Gasteiger partial charge in [0.2, 0.25) is 0 Å². The first kappa shape index (κ1) is 11.4. The van der Waals surface area contributed by atoms with E-state index >= 15 is 0 Å². The number of hydrogen-bond donors (Lipinski definition) is 0. The Bertz CT molecular complexity index is 152. The second-order valence-corrected chi connectivity index (χ2v) is 3.91. The molecule has 0 aromatic rings. The lowest BCUT2D eigenvalue weighted by Crippen LogP contribution is -2.33. The smallest absolute Gasteiger partial charge is 0.0193 e. The summed E-state index contributed by atoms with van der Waals surface area (Å²) < 4.78 is 0. The molecule has 12 heavy (non-hydrogen) atoms. The van der Waals surface area contributed by atoms with Crippen molar-refractivity contribution < 1.29 is 0 Å². The maximum atomic E-state index is 3.91. The third-order valence-corrected chi connectivity index (χ3v) is 1.68. The van der Waals surface area contributed by atoms with Crippen molar-refractivity contribution in [1.82, 2.24) is 4.90 Å². The van der Waals surface area contributed by atoms with Crippen molar-refractivity contribution in [2.24, 2.45) is 0 Å². The second kappa shape index (κ2) is 5.15. The van der Waals surface area contributed by atoms with Gasteiger partial charge >= 0.3 is 0 Å². The van der Waals surface area contributed by atoms with Gasteiger partial charge in [0.1, 0.15) is 0 Å². The van der Waals surface area contributed by atoms with Crippen molar-refractivity contribution in [2.75, 3.05) is 13.1 Å². The van der Waals surface area contributed by atoms with Crippen LogP contribution in [0.1, 0.15) is 27.7 Å². The first-order valence-electron chi connectivity index (χ1n) is 4.46. The van der Waals surface area contributed by atoms with Crippen molar-refractivity contribution in [3.05, 3.63) is 24.3 Å². The van der Waals surface area contributed by atoms with Crippen molar-refractivity contribution in [3.8, 4) is 0 Å². The van der Waals surface area contributed by atoms with E-state index in [9.17, 15) is 0 Å². The fraction of sp³-hybridized carbons (Fsp3) is 0.636. The maximum absolute atomic E-state index is 3.91. The molecule has 1 heteroatoms. The van der Waals surface area contributed by atoms with Gasteiger partial charge in [-0.3, -0.25) is 4.90 Å². The molecule has 0 radical (unpaired) electrons. The van der Waals surface area contributed by atoms with Crippen LogP contribution in [0.5, 0.6) is 0 Å². The Hall–Kier alpha value is -0.560. The number of nitrogens with zero attached hydrogens (tertiary/aromatic N) is 1. The average molecular weight is 167 g/mol. The molecule has 70 valence electrons. The van der Waals surface area contributed by atoms with Crippen LogP contribution in [0.15, 0.2) is 24.3 Å². The minimum atomic E-state index is 0.568. The standard InChI is InChI=1S/C11H21N/c1-9(2)7-12(11(5)6)8-10(3)4/h11H,1,3,7-8H2,2,4-6H3. The molecule has 0 unspecified atom stereocenters. The molecule has 0 aliphatic rings. The highest BCUT2D eigenvalue weighted by Gasteiger charge is 2.08. The summed E-state index contributed by atoms with van der Waals surface area (Å²) in [5.74, 6) is 0. The quantitative estimate of drug-likeness (QED) is 0.569. The summed E-state index contributed by atoms with van der Waals surface area (Å²) in [4.78, 5) is 2.37. The summed E-state index contributed by atoms with van der Waals surface area (Å²) in [6.07, 6.45) is 0. The first-order chi connectivity index (χ1) is 5.43. The highest BCUT2D eigenvalue weighted by molar-refractivity contribution is 4.98. The largest absolute Gasteiger partial charge is 0.293 e. The predicted octanol–water partition coefficient (Wildman–Crippen LogP) is 2.85. The number of hydrogen-bond acceptors (Lipinski definition) is 1. The third-order valence-electron chi connectivity index (χ3n) is 1.68. The minimum Gasteiger partial charge on any atom is -0.293 e. The SMILES string of the molecule is C=C(C)CN(CC(=C)C)C(C)C. The van der Waals surface area contributed by atoms with Gasteiger partial charge in [-0.2, -0.15) is 0 Å². The van der Waals surface area contributed by atoms with Crippen LogP contribution in [-0.4, -0.2) is 24.0 Å². The Morgan fingerprint density at radius 2 is 1.42 bits per heavy atom. The Balaban J connectivity index is 4.04. The summed E-state index contributed by atoms with van der Waals surface area (Å²) in [7, 11) is 0. The van der Waals surface area contributed by atoms with E-state index in [2.05, 4.69) is 45.8 Å². The third kappa shape index (κ3) is 5.14. The fourth-order valence-corrected chi connectivity index (χ4v) is 1.11. The molecule has 0 amide bonds. The predicted molar refractivity (Wildman–Crippen MR) is 56.3 cm³/mol. The molecule has 0 aromatic carbocycles. The second-order valence-electron chi connectivity index (χ2n) is 3.91. The zero-order valence-electron chi connectivity index (χ0n) is 8.85. The van der Waals surface area contributed by atoms with Crippen LogP contribution in [-0.2, 0) is 0 Å². The van der Waals surface area contributed by atoms with Gasteiger partial charge in [-0.05, 0) is 27.7 Å². The monoisotopic (exact) mass is 167 g/mol. The minimum absolute atomic E-state index is 0.568. The van der Waals surface area contributed by atoms with Crippen molar-refractivity contribution in [2.45, 2.75) is 33.7 Å². The van der Waals surface area contributed by atoms with Crippen LogP contribution in [0.25, 0.3) is 0 Å². The van der Waals surface area contributed by atoms with Gasteiger partial charge in [-0.1, -0.05) is 24.3 Å². The Morgan fingerprint density at radius 3 is 1.58 bits per heavy atom. The Kier molecular flexibility index (Phi) is 4.91. The van der Waals surface area contributed by atoms with E-state index in [1.54, 1.807) is 0 Å². The normalized spacial score (nSPS) is 10.8. The van der Waals surface area contributed by atoms with Gasteiger partial charge in [0, 0.05) is 19.1 Å². The van der Waals surface area contributed by atoms with E-state index in [1.165, 1.54) is 11.1 Å². The highest BCUT2D eigenvalue weighted by Crippen LogP contribution is 2.04. The molecule has 0 fully saturated rings. The summed E-state index contributed by atoms with van der Waals surface area (Å²) >= 11 is 0.